The van der Waals surface area contributed by atoms with Gasteiger partial charge in [-0.25, -0.2) is 14.0 Å². The highest BCUT2D eigenvalue weighted by molar-refractivity contribution is 5.90. The molecule has 8 nitrogen and oxygen atoms in total. The molecule has 0 saturated carbocycles. The molecule has 2 aromatic carbocycles. The van der Waals surface area contributed by atoms with Gasteiger partial charge in [-0.15, -0.1) is 0 Å². The molecule has 4 rings (SSSR count). The van der Waals surface area contributed by atoms with E-state index in [2.05, 4.69) is 14.7 Å². The van der Waals surface area contributed by atoms with Crippen LogP contribution < -0.4 is 9.80 Å². The van der Waals surface area contributed by atoms with E-state index in [0.717, 1.165) is 57.2 Å². The third kappa shape index (κ3) is 6.59. The molecule has 200 valence electrons. The Morgan fingerprint density at radius 3 is 2.32 bits per heavy atom. The molecule has 0 aromatic heterocycles. The lowest BCUT2D eigenvalue weighted by Crippen LogP contribution is -2.52. The van der Waals surface area contributed by atoms with Crippen molar-refractivity contribution in [3.8, 4) is 0 Å². The van der Waals surface area contributed by atoms with Crippen LogP contribution in [0.25, 0.3) is 0 Å². The largest absolute Gasteiger partial charge is 0.478 e. The number of halogens is 1. The summed E-state index contributed by atoms with van der Waals surface area (Å²) >= 11 is 0. The molecule has 0 unspecified atom stereocenters. The molecule has 2 saturated heterocycles. The SMILES string of the molecule is Cc1c(N2CCN(C[C@@H]3CN(c4ccc(C(=O)OC(C)(C)C)cc4)CCO3)CC2)ccc(C(=O)O)c1F. The summed E-state index contributed by atoms with van der Waals surface area (Å²) in [4.78, 5) is 30.2. The monoisotopic (exact) mass is 513 g/mol. The highest BCUT2D eigenvalue weighted by Gasteiger charge is 2.27. The number of benzene rings is 2. The molecule has 0 radical (unpaired) electrons. The van der Waals surface area contributed by atoms with E-state index in [1.807, 2.05) is 32.9 Å². The van der Waals surface area contributed by atoms with Crippen LogP contribution in [0.5, 0.6) is 0 Å². The van der Waals surface area contributed by atoms with Crippen LogP contribution in [0.2, 0.25) is 0 Å². The van der Waals surface area contributed by atoms with Crippen molar-refractivity contribution in [1.82, 2.24) is 4.90 Å². The topological polar surface area (TPSA) is 82.5 Å². The van der Waals surface area contributed by atoms with Crippen molar-refractivity contribution < 1.29 is 28.6 Å². The highest BCUT2D eigenvalue weighted by atomic mass is 19.1. The number of esters is 1. The van der Waals surface area contributed by atoms with E-state index in [0.29, 0.717) is 17.7 Å². The van der Waals surface area contributed by atoms with Gasteiger partial charge in [-0.2, -0.15) is 0 Å². The quantitative estimate of drug-likeness (QED) is 0.584. The molecular weight excluding hydrogens is 477 g/mol. The molecule has 1 N–H and O–H groups in total. The second-order valence-corrected chi connectivity index (χ2v) is 10.7. The minimum Gasteiger partial charge on any atom is -0.478 e. The number of nitrogens with zero attached hydrogens (tertiary/aromatic N) is 3. The fraction of sp³-hybridized carbons (Fsp3) is 0.500. The average Bonchev–Trinajstić information content (AvgIpc) is 2.85. The van der Waals surface area contributed by atoms with E-state index in [1.54, 1.807) is 25.1 Å². The first-order valence-corrected chi connectivity index (χ1v) is 12.7. The third-order valence-electron chi connectivity index (χ3n) is 6.77. The predicted octanol–water partition coefficient (Wildman–Crippen LogP) is 3.82. The van der Waals surface area contributed by atoms with Crippen LogP contribution in [0, 0.1) is 12.7 Å². The van der Waals surface area contributed by atoms with Gasteiger partial charge in [-0.3, -0.25) is 4.90 Å². The molecule has 37 heavy (non-hydrogen) atoms. The molecule has 0 aliphatic carbocycles. The summed E-state index contributed by atoms with van der Waals surface area (Å²) in [6.45, 7) is 13.3. The van der Waals surface area contributed by atoms with Crippen molar-refractivity contribution in [3.63, 3.8) is 0 Å². The maximum Gasteiger partial charge on any atom is 0.338 e. The zero-order valence-electron chi connectivity index (χ0n) is 22.0. The first kappa shape index (κ1) is 26.9. The molecule has 0 amide bonds. The van der Waals surface area contributed by atoms with E-state index >= 15 is 0 Å². The van der Waals surface area contributed by atoms with Gasteiger partial charge in [-0.1, -0.05) is 0 Å². The number of carboxylic acids is 1. The van der Waals surface area contributed by atoms with E-state index < -0.39 is 17.4 Å². The number of carbonyl (C=O) groups is 2. The normalized spacial score (nSPS) is 19.1. The molecule has 2 aliphatic rings. The van der Waals surface area contributed by atoms with Gasteiger partial charge in [0.05, 0.1) is 23.8 Å². The van der Waals surface area contributed by atoms with Gasteiger partial charge in [0.15, 0.2) is 0 Å². The van der Waals surface area contributed by atoms with Crippen molar-refractivity contribution in [2.45, 2.75) is 39.4 Å². The molecule has 2 fully saturated rings. The van der Waals surface area contributed by atoms with E-state index in [9.17, 15) is 14.0 Å². The lowest BCUT2D eigenvalue weighted by molar-refractivity contribution is 0.00687. The Kier molecular flexibility index (Phi) is 8.04. The summed E-state index contributed by atoms with van der Waals surface area (Å²) in [5.74, 6) is -2.24. The number of anilines is 2. The van der Waals surface area contributed by atoms with Crippen LogP contribution in [0.15, 0.2) is 36.4 Å². The fourth-order valence-corrected chi connectivity index (χ4v) is 4.85. The third-order valence-corrected chi connectivity index (χ3v) is 6.77. The second kappa shape index (κ2) is 11.1. The van der Waals surface area contributed by atoms with Gasteiger partial charge < -0.3 is 24.4 Å². The van der Waals surface area contributed by atoms with E-state index in [1.165, 1.54) is 6.07 Å². The van der Waals surface area contributed by atoms with Crippen molar-refractivity contribution in [1.29, 1.82) is 0 Å². The Labute approximate surface area is 217 Å². The number of morpholine rings is 1. The highest BCUT2D eigenvalue weighted by Crippen LogP contribution is 2.27. The van der Waals surface area contributed by atoms with Gasteiger partial charge in [0, 0.05) is 62.8 Å². The molecule has 1 atom stereocenters. The molecule has 2 aliphatic heterocycles. The van der Waals surface area contributed by atoms with Crippen LogP contribution in [-0.4, -0.2) is 86.1 Å². The summed E-state index contributed by atoms with van der Waals surface area (Å²) in [6, 6.07) is 10.6. The minimum absolute atomic E-state index is 0.0554. The summed E-state index contributed by atoms with van der Waals surface area (Å²) in [5, 5.41) is 9.15. The zero-order chi connectivity index (χ0) is 26.7. The Hall–Kier alpha value is -3.17. The smallest absolute Gasteiger partial charge is 0.338 e. The maximum absolute atomic E-state index is 14.5. The molecule has 9 heteroatoms. The number of piperazine rings is 1. The van der Waals surface area contributed by atoms with E-state index in [-0.39, 0.29) is 17.6 Å². The van der Waals surface area contributed by atoms with Gasteiger partial charge in [0.1, 0.15) is 11.4 Å². The Balaban J connectivity index is 1.30. The van der Waals surface area contributed by atoms with Crippen molar-refractivity contribution in [3.05, 3.63) is 58.9 Å². The van der Waals surface area contributed by atoms with Crippen LogP contribution in [0.4, 0.5) is 15.8 Å². The summed E-state index contributed by atoms with van der Waals surface area (Å²) < 4.78 is 26.0. The molecule has 0 bridgehead atoms. The van der Waals surface area contributed by atoms with Crippen molar-refractivity contribution in [2.24, 2.45) is 0 Å². The molecular formula is C28H36FN3O5. The summed E-state index contributed by atoms with van der Waals surface area (Å²) in [5.41, 5.74) is 1.88. The average molecular weight is 514 g/mol. The van der Waals surface area contributed by atoms with Crippen LogP contribution in [0.3, 0.4) is 0 Å². The maximum atomic E-state index is 14.5. The number of ether oxygens (including phenoxy) is 2. The molecule has 2 aromatic rings. The van der Waals surface area contributed by atoms with E-state index in [4.69, 9.17) is 14.6 Å². The Bertz CT molecular complexity index is 1120. The Morgan fingerprint density at radius 2 is 1.70 bits per heavy atom. The summed E-state index contributed by atoms with van der Waals surface area (Å²) in [7, 11) is 0. The Morgan fingerprint density at radius 1 is 1.03 bits per heavy atom. The van der Waals surface area contributed by atoms with Crippen LogP contribution in [0.1, 0.15) is 47.1 Å². The van der Waals surface area contributed by atoms with Gasteiger partial charge in [0.25, 0.3) is 0 Å². The number of hydrogen-bond donors (Lipinski definition) is 1. The number of hydrogen-bond acceptors (Lipinski definition) is 7. The molecule has 2 heterocycles. The number of carboxylic acid groups (broad SMARTS) is 1. The zero-order valence-corrected chi connectivity index (χ0v) is 22.0. The van der Waals surface area contributed by atoms with Gasteiger partial charge in [0.2, 0.25) is 0 Å². The minimum atomic E-state index is -1.25. The predicted molar refractivity (Wildman–Crippen MR) is 140 cm³/mol. The lowest BCUT2D eigenvalue weighted by Gasteiger charge is -2.40. The van der Waals surface area contributed by atoms with Crippen LogP contribution in [-0.2, 0) is 9.47 Å². The first-order valence-electron chi connectivity index (χ1n) is 12.7. The molecule has 0 spiro atoms. The van der Waals surface area contributed by atoms with Gasteiger partial charge >= 0.3 is 11.9 Å². The van der Waals surface area contributed by atoms with Crippen molar-refractivity contribution >= 4 is 23.3 Å². The van der Waals surface area contributed by atoms with Crippen LogP contribution >= 0.6 is 0 Å². The lowest BCUT2D eigenvalue weighted by atomic mass is 10.1. The van der Waals surface area contributed by atoms with Gasteiger partial charge in [-0.05, 0) is 64.1 Å². The standard InChI is InChI=1S/C28H36FN3O5/c1-19-24(10-9-23(25(19)29)26(33)34)31-13-11-30(12-14-31)17-22-18-32(15-16-36-22)21-7-5-20(6-8-21)27(35)37-28(2,3)4/h5-10,22H,11-18H2,1-4H3,(H,33,34)/t22-/m1/s1. The first-order chi connectivity index (χ1) is 17.5. The second-order valence-electron chi connectivity index (χ2n) is 10.7. The summed E-state index contributed by atoms with van der Waals surface area (Å²) in [6.07, 6.45) is 0.0554. The number of aromatic carboxylic acids is 1. The number of carbonyl (C=O) groups excluding carboxylic acids is 1. The number of rotatable bonds is 6. The fourth-order valence-electron chi connectivity index (χ4n) is 4.85. The van der Waals surface area contributed by atoms with Crippen molar-refractivity contribution in [2.75, 3.05) is 62.2 Å².